The Morgan fingerprint density at radius 3 is 2.21 bits per heavy atom. The smallest absolute Gasteiger partial charge is 0.240 e. The molecule has 1 aliphatic carbocycles. The summed E-state index contributed by atoms with van der Waals surface area (Å²) in [6, 6.07) is 14.8. The molecule has 0 atom stereocenters. The van der Waals surface area contributed by atoms with Crippen molar-refractivity contribution in [2.45, 2.75) is 33.6 Å². The van der Waals surface area contributed by atoms with Gasteiger partial charge in [0.25, 0.3) is 0 Å². The number of nitrogens with zero attached hydrogens (tertiary/aromatic N) is 2. The number of benzene rings is 2. The second-order valence-corrected chi connectivity index (χ2v) is 7.32. The van der Waals surface area contributed by atoms with Crippen LogP contribution in [0.3, 0.4) is 0 Å². The molecule has 1 saturated carbocycles. The second-order valence-electron chi connectivity index (χ2n) is 7.32. The third-order valence-electron chi connectivity index (χ3n) is 5.50. The average molecular weight is 390 g/mol. The lowest BCUT2D eigenvalue weighted by Crippen LogP contribution is -2.36. The molecule has 29 heavy (non-hydrogen) atoms. The van der Waals surface area contributed by atoms with E-state index in [4.69, 9.17) is 0 Å². The van der Waals surface area contributed by atoms with Gasteiger partial charge in [-0.05, 0) is 69.5 Å². The van der Waals surface area contributed by atoms with Gasteiger partial charge in [0, 0.05) is 24.5 Å². The van der Waals surface area contributed by atoms with Crippen molar-refractivity contribution in [1.29, 1.82) is 5.26 Å². The van der Waals surface area contributed by atoms with Gasteiger partial charge in [0.2, 0.25) is 11.8 Å². The Bertz CT molecular complexity index is 969. The molecule has 2 aromatic carbocycles. The standard InChI is InChI=1S/C23H26N4O2/c1-4-27(5-2)18-10-11-19(16(3)14-18)25-21(28)23(12-13-23)22(29)26-20-9-7-6-8-17(20)15-24/h6-11,14H,4-5,12-13H2,1-3H3,(H,25,28)(H,26,29). The van der Waals surface area contributed by atoms with Crippen LogP contribution in [-0.4, -0.2) is 24.9 Å². The van der Waals surface area contributed by atoms with Crippen LogP contribution < -0.4 is 15.5 Å². The number of hydrogen-bond acceptors (Lipinski definition) is 4. The predicted octanol–water partition coefficient (Wildman–Crippen LogP) is 4.07. The Morgan fingerprint density at radius 1 is 1.03 bits per heavy atom. The fraction of sp³-hybridized carbons (Fsp3) is 0.348. The topological polar surface area (TPSA) is 85.2 Å². The van der Waals surface area contributed by atoms with Crippen molar-refractivity contribution < 1.29 is 9.59 Å². The summed E-state index contributed by atoms with van der Waals surface area (Å²) >= 11 is 0. The van der Waals surface area contributed by atoms with E-state index >= 15 is 0 Å². The van der Waals surface area contributed by atoms with E-state index in [1.54, 1.807) is 24.3 Å². The van der Waals surface area contributed by atoms with Gasteiger partial charge >= 0.3 is 0 Å². The number of para-hydroxylation sites is 1. The molecule has 0 aliphatic heterocycles. The first-order valence-electron chi connectivity index (χ1n) is 9.92. The minimum absolute atomic E-state index is 0.303. The summed E-state index contributed by atoms with van der Waals surface area (Å²) in [6.07, 6.45) is 0.992. The molecule has 6 nitrogen and oxygen atoms in total. The highest BCUT2D eigenvalue weighted by Crippen LogP contribution is 2.47. The Balaban J connectivity index is 1.73. The first-order chi connectivity index (χ1) is 13.9. The molecule has 0 aromatic heterocycles. The zero-order valence-corrected chi connectivity index (χ0v) is 17.1. The maximum Gasteiger partial charge on any atom is 0.240 e. The van der Waals surface area contributed by atoms with E-state index in [0.717, 1.165) is 24.3 Å². The van der Waals surface area contributed by atoms with Crippen molar-refractivity contribution in [2.24, 2.45) is 5.41 Å². The number of rotatable bonds is 7. The molecule has 3 rings (SSSR count). The normalized spacial score (nSPS) is 13.9. The minimum atomic E-state index is -1.08. The summed E-state index contributed by atoms with van der Waals surface area (Å²) in [5, 5.41) is 14.9. The van der Waals surface area contributed by atoms with Gasteiger partial charge in [-0.2, -0.15) is 5.26 Å². The van der Waals surface area contributed by atoms with Crippen LogP contribution in [0.2, 0.25) is 0 Å². The van der Waals surface area contributed by atoms with Crippen molar-refractivity contribution >= 4 is 28.9 Å². The molecule has 6 heteroatoms. The van der Waals surface area contributed by atoms with Crippen LogP contribution in [0.25, 0.3) is 0 Å². The molecular formula is C23H26N4O2. The largest absolute Gasteiger partial charge is 0.372 e. The number of amides is 2. The van der Waals surface area contributed by atoms with E-state index in [2.05, 4.69) is 35.5 Å². The highest BCUT2D eigenvalue weighted by atomic mass is 16.2. The van der Waals surface area contributed by atoms with Gasteiger partial charge in [-0.25, -0.2) is 0 Å². The first-order valence-corrected chi connectivity index (χ1v) is 9.92. The summed E-state index contributed by atoms with van der Waals surface area (Å²) in [4.78, 5) is 28.0. The minimum Gasteiger partial charge on any atom is -0.372 e. The fourth-order valence-corrected chi connectivity index (χ4v) is 3.43. The SMILES string of the molecule is CCN(CC)c1ccc(NC(=O)C2(C(=O)Nc3ccccc3C#N)CC2)c(C)c1. The van der Waals surface area contributed by atoms with E-state index in [9.17, 15) is 14.9 Å². The number of aryl methyl sites for hydroxylation is 1. The summed E-state index contributed by atoms with van der Waals surface area (Å²) in [6.45, 7) is 7.98. The zero-order valence-electron chi connectivity index (χ0n) is 17.1. The Morgan fingerprint density at radius 2 is 1.66 bits per heavy atom. The van der Waals surface area contributed by atoms with E-state index in [1.807, 2.05) is 25.1 Å². The third kappa shape index (κ3) is 4.09. The van der Waals surface area contributed by atoms with Gasteiger partial charge in [-0.3, -0.25) is 9.59 Å². The molecule has 2 aromatic rings. The van der Waals surface area contributed by atoms with E-state index < -0.39 is 5.41 Å². The van der Waals surface area contributed by atoms with Gasteiger partial charge in [0.15, 0.2) is 0 Å². The molecule has 1 fully saturated rings. The number of nitrogens with one attached hydrogen (secondary N) is 2. The Labute approximate surface area is 171 Å². The molecule has 0 spiro atoms. The fourth-order valence-electron chi connectivity index (χ4n) is 3.43. The van der Waals surface area contributed by atoms with Crippen LogP contribution in [0.15, 0.2) is 42.5 Å². The summed E-state index contributed by atoms with van der Waals surface area (Å²) < 4.78 is 0. The lowest BCUT2D eigenvalue weighted by atomic mass is 10.0. The highest BCUT2D eigenvalue weighted by Gasteiger charge is 2.56. The summed E-state index contributed by atoms with van der Waals surface area (Å²) in [7, 11) is 0. The molecule has 0 heterocycles. The Kier molecular flexibility index (Phi) is 5.88. The molecule has 150 valence electrons. The van der Waals surface area contributed by atoms with E-state index in [-0.39, 0.29) is 11.8 Å². The quantitative estimate of drug-likeness (QED) is 0.698. The van der Waals surface area contributed by atoms with E-state index in [1.165, 1.54) is 0 Å². The van der Waals surface area contributed by atoms with Crippen LogP contribution in [-0.2, 0) is 9.59 Å². The summed E-state index contributed by atoms with van der Waals surface area (Å²) in [5.74, 6) is -0.668. The number of nitriles is 1. The molecule has 2 amide bonds. The molecule has 0 bridgehead atoms. The molecule has 2 N–H and O–H groups in total. The van der Waals surface area contributed by atoms with Crippen molar-refractivity contribution in [2.75, 3.05) is 28.6 Å². The molecular weight excluding hydrogens is 364 g/mol. The molecule has 0 radical (unpaired) electrons. The summed E-state index contributed by atoms with van der Waals surface area (Å²) in [5.41, 5.74) is 2.50. The van der Waals surface area contributed by atoms with Crippen molar-refractivity contribution in [3.05, 3.63) is 53.6 Å². The third-order valence-corrected chi connectivity index (χ3v) is 5.50. The van der Waals surface area contributed by atoms with Gasteiger partial charge in [0.05, 0.1) is 11.3 Å². The predicted molar refractivity (Wildman–Crippen MR) is 115 cm³/mol. The van der Waals surface area contributed by atoms with Crippen LogP contribution in [0.1, 0.15) is 37.8 Å². The van der Waals surface area contributed by atoms with Crippen molar-refractivity contribution in [3.8, 4) is 6.07 Å². The van der Waals surface area contributed by atoms with Crippen LogP contribution in [0, 0.1) is 23.7 Å². The molecule has 0 saturated heterocycles. The van der Waals surface area contributed by atoms with Crippen LogP contribution >= 0.6 is 0 Å². The second kappa shape index (κ2) is 8.36. The van der Waals surface area contributed by atoms with Crippen molar-refractivity contribution in [1.82, 2.24) is 0 Å². The van der Waals surface area contributed by atoms with Crippen LogP contribution in [0.4, 0.5) is 17.1 Å². The van der Waals surface area contributed by atoms with Gasteiger partial charge in [0.1, 0.15) is 11.5 Å². The molecule has 1 aliphatic rings. The van der Waals surface area contributed by atoms with E-state index in [0.29, 0.717) is 29.8 Å². The van der Waals surface area contributed by atoms with Gasteiger partial charge in [-0.15, -0.1) is 0 Å². The number of carbonyl (C=O) groups is 2. The van der Waals surface area contributed by atoms with Crippen molar-refractivity contribution in [3.63, 3.8) is 0 Å². The van der Waals surface area contributed by atoms with Crippen LogP contribution in [0.5, 0.6) is 0 Å². The Hall–Kier alpha value is -3.33. The first kappa shape index (κ1) is 20.4. The number of carbonyl (C=O) groups excluding carboxylic acids is 2. The lowest BCUT2D eigenvalue weighted by molar-refractivity contribution is -0.131. The lowest BCUT2D eigenvalue weighted by Gasteiger charge is -2.23. The zero-order chi connectivity index (χ0) is 21.0. The average Bonchev–Trinajstić information content (AvgIpc) is 3.53. The number of hydrogen-bond donors (Lipinski definition) is 2. The molecule has 0 unspecified atom stereocenters. The maximum absolute atomic E-state index is 12.9. The number of anilines is 3. The van der Waals surface area contributed by atoms with Gasteiger partial charge < -0.3 is 15.5 Å². The highest BCUT2D eigenvalue weighted by molar-refractivity contribution is 6.17. The maximum atomic E-state index is 12.9. The monoisotopic (exact) mass is 390 g/mol. The van der Waals surface area contributed by atoms with Gasteiger partial charge in [-0.1, -0.05) is 12.1 Å².